The fourth-order valence-electron chi connectivity index (χ4n) is 4.48. The quantitative estimate of drug-likeness (QED) is 0.498. The number of halogens is 1. The molecule has 4 aromatic rings. The highest BCUT2D eigenvalue weighted by molar-refractivity contribution is 5.95. The van der Waals surface area contributed by atoms with Gasteiger partial charge < -0.3 is 10.6 Å². The van der Waals surface area contributed by atoms with Crippen molar-refractivity contribution >= 4 is 22.4 Å². The molecule has 3 heterocycles. The Morgan fingerprint density at radius 2 is 1.61 bits per heavy atom. The first kappa shape index (κ1) is 21.3. The summed E-state index contributed by atoms with van der Waals surface area (Å²) in [6.07, 6.45) is 3.21. The SMILES string of the molecule is CC(C)N1CCN(c2ccc(-c3ncnc4ccc(-c5ccnc(N)c5)cc34)cc2F)CC1. The normalized spacial score (nSPS) is 14.8. The number of nitrogen functional groups attached to an aromatic ring is 1. The Kier molecular flexibility index (Phi) is 5.64. The molecule has 7 heteroatoms. The van der Waals surface area contributed by atoms with Crippen molar-refractivity contribution in [2.75, 3.05) is 36.8 Å². The molecule has 2 N–H and O–H groups in total. The molecule has 33 heavy (non-hydrogen) atoms. The molecule has 6 nitrogen and oxygen atoms in total. The molecule has 0 unspecified atom stereocenters. The lowest BCUT2D eigenvalue weighted by Gasteiger charge is -2.38. The Morgan fingerprint density at radius 1 is 0.848 bits per heavy atom. The van der Waals surface area contributed by atoms with E-state index in [-0.39, 0.29) is 5.82 Å². The molecule has 0 saturated carbocycles. The highest BCUT2D eigenvalue weighted by Crippen LogP contribution is 2.32. The molecular weight excluding hydrogens is 415 g/mol. The molecule has 0 amide bonds. The Balaban J connectivity index is 1.49. The lowest BCUT2D eigenvalue weighted by molar-refractivity contribution is 0.209. The maximum absolute atomic E-state index is 15.2. The topological polar surface area (TPSA) is 71.2 Å². The van der Waals surface area contributed by atoms with Crippen LogP contribution < -0.4 is 10.6 Å². The lowest BCUT2D eigenvalue weighted by atomic mass is 10.0. The molecule has 1 aliphatic heterocycles. The molecule has 2 aromatic carbocycles. The van der Waals surface area contributed by atoms with E-state index < -0.39 is 0 Å². The van der Waals surface area contributed by atoms with Crippen LogP contribution in [0.3, 0.4) is 0 Å². The highest BCUT2D eigenvalue weighted by Gasteiger charge is 2.21. The van der Waals surface area contributed by atoms with Gasteiger partial charge in [0.05, 0.1) is 16.9 Å². The third-order valence-electron chi connectivity index (χ3n) is 6.36. The molecule has 0 atom stereocenters. The van der Waals surface area contributed by atoms with E-state index in [2.05, 4.69) is 38.6 Å². The molecular formula is C26H27FN6. The standard InChI is InChI=1S/C26H27FN6/c1-17(2)32-9-11-33(12-10-32)24-6-4-20(14-22(24)27)26-21-13-18(3-5-23(21)30-16-31-26)19-7-8-29-25(28)15-19/h3-8,13-17H,9-12H2,1-2H3,(H2,28,29). The number of benzene rings is 2. The van der Waals surface area contributed by atoms with E-state index in [1.165, 1.54) is 6.33 Å². The van der Waals surface area contributed by atoms with Gasteiger partial charge in [-0.3, -0.25) is 4.90 Å². The van der Waals surface area contributed by atoms with Gasteiger partial charge in [0.15, 0.2) is 0 Å². The molecule has 5 rings (SSSR count). The zero-order valence-corrected chi connectivity index (χ0v) is 18.9. The van der Waals surface area contributed by atoms with Gasteiger partial charge in [-0.25, -0.2) is 19.3 Å². The zero-order chi connectivity index (χ0) is 22.9. The third-order valence-corrected chi connectivity index (χ3v) is 6.36. The number of rotatable bonds is 4. The van der Waals surface area contributed by atoms with Crippen LogP contribution in [0.5, 0.6) is 0 Å². The van der Waals surface area contributed by atoms with Crippen LogP contribution in [0.15, 0.2) is 61.1 Å². The Morgan fingerprint density at radius 3 is 2.33 bits per heavy atom. The summed E-state index contributed by atoms with van der Waals surface area (Å²) in [5.41, 5.74) is 10.7. The number of pyridine rings is 1. The second kappa shape index (κ2) is 8.75. The van der Waals surface area contributed by atoms with Gasteiger partial charge in [-0.2, -0.15) is 0 Å². The van der Waals surface area contributed by atoms with Crippen molar-refractivity contribution < 1.29 is 4.39 Å². The number of aromatic nitrogens is 3. The zero-order valence-electron chi connectivity index (χ0n) is 18.9. The number of piperazine rings is 1. The highest BCUT2D eigenvalue weighted by atomic mass is 19.1. The minimum Gasteiger partial charge on any atom is -0.384 e. The lowest BCUT2D eigenvalue weighted by Crippen LogP contribution is -2.49. The average molecular weight is 443 g/mol. The van der Waals surface area contributed by atoms with Crippen molar-refractivity contribution in [3.8, 4) is 22.4 Å². The van der Waals surface area contributed by atoms with Gasteiger partial charge in [0, 0.05) is 49.4 Å². The van der Waals surface area contributed by atoms with E-state index in [1.807, 2.05) is 42.5 Å². The number of hydrogen-bond donors (Lipinski definition) is 1. The van der Waals surface area contributed by atoms with Gasteiger partial charge >= 0.3 is 0 Å². The Bertz CT molecular complexity index is 1300. The van der Waals surface area contributed by atoms with E-state index in [0.717, 1.165) is 53.8 Å². The number of nitrogens with two attached hydrogens (primary N) is 1. The third kappa shape index (κ3) is 4.24. The van der Waals surface area contributed by atoms with E-state index >= 15 is 4.39 Å². The second-order valence-corrected chi connectivity index (χ2v) is 8.71. The van der Waals surface area contributed by atoms with E-state index in [1.54, 1.807) is 12.3 Å². The maximum Gasteiger partial charge on any atom is 0.147 e. The summed E-state index contributed by atoms with van der Waals surface area (Å²) in [6.45, 7) is 7.93. The summed E-state index contributed by atoms with van der Waals surface area (Å²) in [4.78, 5) is 17.5. The van der Waals surface area contributed by atoms with Crippen molar-refractivity contribution in [1.82, 2.24) is 19.9 Å². The summed E-state index contributed by atoms with van der Waals surface area (Å²) < 4.78 is 15.2. The van der Waals surface area contributed by atoms with Crippen LogP contribution in [0.4, 0.5) is 15.9 Å². The molecule has 1 aliphatic rings. The summed E-state index contributed by atoms with van der Waals surface area (Å²) >= 11 is 0. The molecule has 1 saturated heterocycles. The summed E-state index contributed by atoms with van der Waals surface area (Å²) in [5, 5.41) is 0.864. The molecule has 168 valence electrons. The fourth-order valence-corrected chi connectivity index (χ4v) is 4.48. The summed E-state index contributed by atoms with van der Waals surface area (Å²) in [6, 6.07) is 15.6. The number of nitrogens with zero attached hydrogens (tertiary/aromatic N) is 5. The largest absolute Gasteiger partial charge is 0.384 e. The van der Waals surface area contributed by atoms with Crippen LogP contribution >= 0.6 is 0 Å². The minimum atomic E-state index is -0.227. The summed E-state index contributed by atoms with van der Waals surface area (Å²) in [7, 11) is 0. The first-order valence-electron chi connectivity index (χ1n) is 11.2. The molecule has 0 bridgehead atoms. The molecule has 1 fully saturated rings. The Hall–Kier alpha value is -3.58. The molecule has 0 aliphatic carbocycles. The summed E-state index contributed by atoms with van der Waals surface area (Å²) in [5.74, 6) is 0.236. The van der Waals surface area contributed by atoms with Crippen molar-refractivity contribution in [1.29, 1.82) is 0 Å². The first-order valence-corrected chi connectivity index (χ1v) is 11.2. The van der Waals surface area contributed by atoms with Gasteiger partial charge in [0.1, 0.15) is 18.0 Å². The van der Waals surface area contributed by atoms with Crippen molar-refractivity contribution in [3.63, 3.8) is 0 Å². The van der Waals surface area contributed by atoms with Crippen LogP contribution in [0.1, 0.15) is 13.8 Å². The number of hydrogen-bond acceptors (Lipinski definition) is 6. The monoisotopic (exact) mass is 442 g/mol. The van der Waals surface area contributed by atoms with Crippen LogP contribution in [-0.2, 0) is 0 Å². The van der Waals surface area contributed by atoms with Gasteiger partial charge in [-0.15, -0.1) is 0 Å². The van der Waals surface area contributed by atoms with Crippen LogP contribution in [0, 0.1) is 5.82 Å². The maximum atomic E-state index is 15.2. The van der Waals surface area contributed by atoms with Gasteiger partial charge in [-0.05, 0) is 61.4 Å². The molecule has 0 radical (unpaired) electrons. The van der Waals surface area contributed by atoms with Crippen molar-refractivity contribution in [2.45, 2.75) is 19.9 Å². The van der Waals surface area contributed by atoms with Crippen LogP contribution in [-0.4, -0.2) is 52.1 Å². The van der Waals surface area contributed by atoms with Crippen molar-refractivity contribution in [2.24, 2.45) is 0 Å². The van der Waals surface area contributed by atoms with E-state index in [0.29, 0.717) is 23.2 Å². The predicted octanol–water partition coefficient (Wildman–Crippen LogP) is 4.61. The van der Waals surface area contributed by atoms with Gasteiger partial charge in [0.2, 0.25) is 0 Å². The van der Waals surface area contributed by atoms with Crippen LogP contribution in [0.25, 0.3) is 33.3 Å². The molecule has 0 spiro atoms. The first-order chi connectivity index (χ1) is 16.0. The number of fused-ring (bicyclic) bond motifs is 1. The van der Waals surface area contributed by atoms with E-state index in [4.69, 9.17) is 5.73 Å². The number of anilines is 2. The van der Waals surface area contributed by atoms with Gasteiger partial charge in [-0.1, -0.05) is 12.1 Å². The smallest absolute Gasteiger partial charge is 0.147 e. The average Bonchev–Trinajstić information content (AvgIpc) is 2.83. The van der Waals surface area contributed by atoms with E-state index in [9.17, 15) is 0 Å². The minimum absolute atomic E-state index is 0.227. The molecule has 2 aromatic heterocycles. The van der Waals surface area contributed by atoms with Crippen molar-refractivity contribution in [3.05, 3.63) is 66.9 Å². The fraction of sp³-hybridized carbons (Fsp3) is 0.269. The van der Waals surface area contributed by atoms with Crippen LogP contribution in [0.2, 0.25) is 0 Å². The second-order valence-electron chi connectivity index (χ2n) is 8.71. The Labute approximate surface area is 192 Å². The predicted molar refractivity (Wildman–Crippen MR) is 131 cm³/mol. The van der Waals surface area contributed by atoms with Gasteiger partial charge in [0.25, 0.3) is 0 Å².